The highest BCUT2D eigenvalue weighted by Gasteiger charge is 2.07. The summed E-state index contributed by atoms with van der Waals surface area (Å²) in [5, 5.41) is 6.48. The zero-order valence-electron chi connectivity index (χ0n) is 14.4. The number of hydrogen-bond acceptors (Lipinski definition) is 6. The summed E-state index contributed by atoms with van der Waals surface area (Å²) in [4.78, 5) is 8.94. The molecular weight excluding hydrogens is 316 g/mol. The number of aryl methyl sites for hydroxylation is 1. The molecule has 0 unspecified atom stereocenters. The Kier molecular flexibility index (Phi) is 4.99. The lowest BCUT2D eigenvalue weighted by Gasteiger charge is -2.12. The van der Waals surface area contributed by atoms with Crippen LogP contribution in [0.5, 0.6) is 11.5 Å². The van der Waals surface area contributed by atoms with Gasteiger partial charge < -0.3 is 20.1 Å². The van der Waals surface area contributed by atoms with E-state index in [1.165, 1.54) is 0 Å². The molecule has 0 fully saturated rings. The first-order valence-corrected chi connectivity index (χ1v) is 7.85. The Labute approximate surface area is 146 Å². The molecule has 0 saturated carbocycles. The Morgan fingerprint density at radius 3 is 2.24 bits per heavy atom. The number of ether oxygens (including phenoxy) is 2. The summed E-state index contributed by atoms with van der Waals surface area (Å²) in [7, 11) is 3.22. The van der Waals surface area contributed by atoms with Gasteiger partial charge in [-0.05, 0) is 31.2 Å². The van der Waals surface area contributed by atoms with E-state index < -0.39 is 0 Å². The molecule has 0 aliphatic carbocycles. The van der Waals surface area contributed by atoms with Gasteiger partial charge >= 0.3 is 0 Å². The Hall–Kier alpha value is -3.28. The molecule has 0 aliphatic rings. The average Bonchev–Trinajstić information content (AvgIpc) is 2.62. The fourth-order valence-corrected chi connectivity index (χ4v) is 2.40. The van der Waals surface area contributed by atoms with Crippen LogP contribution >= 0.6 is 0 Å². The number of benzene rings is 2. The van der Waals surface area contributed by atoms with Crippen molar-refractivity contribution in [1.29, 1.82) is 0 Å². The van der Waals surface area contributed by atoms with E-state index in [1.807, 2.05) is 61.5 Å². The smallest absolute Gasteiger partial charge is 0.229 e. The molecule has 0 atom stereocenters. The van der Waals surface area contributed by atoms with Crippen molar-refractivity contribution in [2.45, 2.75) is 6.92 Å². The van der Waals surface area contributed by atoms with E-state index in [2.05, 4.69) is 20.6 Å². The summed E-state index contributed by atoms with van der Waals surface area (Å²) >= 11 is 0. The van der Waals surface area contributed by atoms with Gasteiger partial charge in [0.15, 0.2) is 11.5 Å². The predicted octanol–water partition coefficient (Wildman–Crippen LogP) is 4.29. The van der Waals surface area contributed by atoms with Crippen LogP contribution in [0.4, 0.5) is 23.1 Å². The second kappa shape index (κ2) is 7.53. The molecule has 2 aromatic carbocycles. The van der Waals surface area contributed by atoms with Gasteiger partial charge in [-0.2, -0.15) is 4.98 Å². The van der Waals surface area contributed by atoms with Crippen molar-refractivity contribution in [3.8, 4) is 11.5 Å². The zero-order chi connectivity index (χ0) is 17.6. The minimum Gasteiger partial charge on any atom is -0.493 e. The largest absolute Gasteiger partial charge is 0.493 e. The maximum absolute atomic E-state index is 5.33. The van der Waals surface area contributed by atoms with Crippen molar-refractivity contribution in [3.63, 3.8) is 0 Å². The normalized spacial score (nSPS) is 10.2. The molecule has 6 heteroatoms. The number of nitrogens with zero attached hydrogens (tertiary/aromatic N) is 2. The van der Waals surface area contributed by atoms with Crippen LogP contribution in [0.1, 0.15) is 5.69 Å². The molecule has 0 bridgehead atoms. The lowest BCUT2D eigenvalue weighted by Crippen LogP contribution is -2.02. The average molecular weight is 336 g/mol. The maximum Gasteiger partial charge on any atom is 0.229 e. The number of rotatable bonds is 6. The van der Waals surface area contributed by atoms with E-state index in [0.29, 0.717) is 23.3 Å². The molecule has 0 amide bonds. The summed E-state index contributed by atoms with van der Waals surface area (Å²) in [5.74, 6) is 2.56. The van der Waals surface area contributed by atoms with Crippen molar-refractivity contribution < 1.29 is 9.47 Å². The van der Waals surface area contributed by atoms with Gasteiger partial charge in [0.1, 0.15) is 5.82 Å². The van der Waals surface area contributed by atoms with Crippen LogP contribution in [0, 0.1) is 6.92 Å². The number of hydrogen-bond donors (Lipinski definition) is 2. The Morgan fingerprint density at radius 1 is 0.760 bits per heavy atom. The van der Waals surface area contributed by atoms with Crippen LogP contribution in [-0.4, -0.2) is 24.2 Å². The van der Waals surface area contributed by atoms with Crippen LogP contribution in [0.2, 0.25) is 0 Å². The highest BCUT2D eigenvalue weighted by Crippen LogP contribution is 2.31. The lowest BCUT2D eigenvalue weighted by atomic mass is 10.2. The monoisotopic (exact) mass is 336 g/mol. The molecule has 0 aliphatic heterocycles. The molecule has 0 spiro atoms. The minimum absolute atomic E-state index is 0.536. The molecule has 6 nitrogen and oxygen atoms in total. The Balaban J connectivity index is 1.83. The maximum atomic E-state index is 5.33. The summed E-state index contributed by atoms with van der Waals surface area (Å²) in [6.45, 7) is 1.93. The highest BCUT2D eigenvalue weighted by atomic mass is 16.5. The summed E-state index contributed by atoms with van der Waals surface area (Å²) in [5.41, 5.74) is 2.64. The van der Waals surface area contributed by atoms with Gasteiger partial charge in [-0.1, -0.05) is 18.2 Å². The van der Waals surface area contributed by atoms with Crippen molar-refractivity contribution >= 4 is 23.1 Å². The number of nitrogens with one attached hydrogen (secondary N) is 2. The SMILES string of the molecule is COc1ccc(Nc2cc(C)nc(Nc3ccccc3)n2)cc1OC. The summed E-state index contributed by atoms with van der Waals surface area (Å²) < 4.78 is 10.6. The first-order chi connectivity index (χ1) is 12.2. The third-order valence-electron chi connectivity index (χ3n) is 3.54. The molecule has 128 valence electrons. The van der Waals surface area contributed by atoms with Gasteiger partial charge in [-0.25, -0.2) is 4.98 Å². The van der Waals surface area contributed by atoms with E-state index >= 15 is 0 Å². The molecule has 25 heavy (non-hydrogen) atoms. The van der Waals surface area contributed by atoms with Crippen LogP contribution in [0.25, 0.3) is 0 Å². The third-order valence-corrected chi connectivity index (χ3v) is 3.54. The molecule has 3 aromatic rings. The van der Waals surface area contributed by atoms with Gasteiger partial charge in [0, 0.05) is 29.2 Å². The molecular formula is C19H20N4O2. The highest BCUT2D eigenvalue weighted by molar-refractivity contribution is 5.63. The van der Waals surface area contributed by atoms with Gasteiger partial charge in [-0.3, -0.25) is 0 Å². The second-order valence-corrected chi connectivity index (χ2v) is 5.40. The molecule has 0 saturated heterocycles. The van der Waals surface area contributed by atoms with Crippen LogP contribution in [-0.2, 0) is 0 Å². The molecule has 0 radical (unpaired) electrons. The lowest BCUT2D eigenvalue weighted by molar-refractivity contribution is 0.355. The van der Waals surface area contributed by atoms with Gasteiger partial charge in [0.05, 0.1) is 14.2 Å². The van der Waals surface area contributed by atoms with Crippen LogP contribution < -0.4 is 20.1 Å². The van der Waals surface area contributed by atoms with Gasteiger partial charge in [0.25, 0.3) is 0 Å². The zero-order valence-corrected chi connectivity index (χ0v) is 14.4. The van der Waals surface area contributed by atoms with E-state index in [4.69, 9.17) is 9.47 Å². The van der Waals surface area contributed by atoms with Crippen LogP contribution in [0.3, 0.4) is 0 Å². The van der Waals surface area contributed by atoms with Crippen molar-refractivity contribution in [2.75, 3.05) is 24.9 Å². The quantitative estimate of drug-likeness (QED) is 0.700. The van der Waals surface area contributed by atoms with Crippen LogP contribution in [0.15, 0.2) is 54.6 Å². The molecule has 1 heterocycles. The fraction of sp³-hybridized carbons (Fsp3) is 0.158. The molecule has 2 N–H and O–H groups in total. The second-order valence-electron chi connectivity index (χ2n) is 5.40. The Bertz CT molecular complexity index is 853. The summed E-state index contributed by atoms with van der Waals surface area (Å²) in [6, 6.07) is 17.3. The van der Waals surface area contributed by atoms with E-state index in [9.17, 15) is 0 Å². The van der Waals surface area contributed by atoms with E-state index in [0.717, 1.165) is 17.1 Å². The van der Waals surface area contributed by atoms with Crippen molar-refractivity contribution in [2.24, 2.45) is 0 Å². The standard InChI is InChI=1S/C19H20N4O2/c1-13-11-18(21-15-9-10-16(24-2)17(12-15)25-3)23-19(20-13)22-14-7-5-4-6-8-14/h4-12H,1-3H3,(H2,20,21,22,23). The molecule has 1 aromatic heterocycles. The number of methoxy groups -OCH3 is 2. The first kappa shape index (κ1) is 16.6. The fourth-order valence-electron chi connectivity index (χ4n) is 2.40. The first-order valence-electron chi connectivity index (χ1n) is 7.85. The minimum atomic E-state index is 0.536. The summed E-state index contributed by atoms with van der Waals surface area (Å²) in [6.07, 6.45) is 0. The van der Waals surface area contributed by atoms with E-state index in [1.54, 1.807) is 14.2 Å². The van der Waals surface area contributed by atoms with Crippen molar-refractivity contribution in [3.05, 3.63) is 60.3 Å². The topological polar surface area (TPSA) is 68.3 Å². The number of anilines is 4. The van der Waals surface area contributed by atoms with E-state index in [-0.39, 0.29) is 0 Å². The molecule has 3 rings (SSSR count). The Morgan fingerprint density at radius 2 is 1.52 bits per heavy atom. The number of para-hydroxylation sites is 1. The number of aromatic nitrogens is 2. The van der Waals surface area contributed by atoms with Gasteiger partial charge in [-0.15, -0.1) is 0 Å². The predicted molar refractivity (Wildman–Crippen MR) is 99.3 cm³/mol. The third kappa shape index (κ3) is 4.17. The van der Waals surface area contributed by atoms with Gasteiger partial charge in [0.2, 0.25) is 5.95 Å². The van der Waals surface area contributed by atoms with Crippen molar-refractivity contribution in [1.82, 2.24) is 9.97 Å².